The van der Waals surface area contributed by atoms with Gasteiger partial charge in [0.05, 0.1) is 12.2 Å². The lowest BCUT2D eigenvalue weighted by molar-refractivity contribution is 0.117. The molecule has 5 rings (SSSR count). The molecule has 4 bridgehead atoms. The fourth-order valence-electron chi connectivity index (χ4n) is 4.90. The van der Waals surface area contributed by atoms with Crippen molar-refractivity contribution in [2.24, 2.45) is 23.7 Å². The third-order valence-electron chi connectivity index (χ3n) is 5.67. The van der Waals surface area contributed by atoms with Gasteiger partial charge in [0, 0.05) is 0 Å². The maximum absolute atomic E-state index is 5.94. The van der Waals surface area contributed by atoms with E-state index in [0.717, 1.165) is 23.7 Å². The van der Waals surface area contributed by atoms with Crippen LogP contribution in [-0.2, 0) is 4.74 Å². The molecule has 0 aromatic heterocycles. The Balaban J connectivity index is 1.48. The van der Waals surface area contributed by atoms with Crippen LogP contribution in [0.25, 0.3) is 0 Å². The van der Waals surface area contributed by atoms with Crippen LogP contribution in [0.4, 0.5) is 0 Å². The number of hydrogen-bond donors (Lipinski definition) is 0. The van der Waals surface area contributed by atoms with Gasteiger partial charge in [0.2, 0.25) is 0 Å². The van der Waals surface area contributed by atoms with Crippen LogP contribution in [0.15, 0.2) is 35.5 Å². The monoisotopic (exact) mass is 226 g/mol. The molecule has 88 valence electrons. The van der Waals surface area contributed by atoms with E-state index in [1.165, 1.54) is 25.7 Å². The minimum atomic E-state index is 0.450. The van der Waals surface area contributed by atoms with Gasteiger partial charge in [0.25, 0.3) is 0 Å². The Hall–Kier alpha value is -0.820. The van der Waals surface area contributed by atoms with Gasteiger partial charge in [-0.1, -0.05) is 18.2 Å². The van der Waals surface area contributed by atoms with Crippen molar-refractivity contribution in [2.45, 2.75) is 37.9 Å². The number of allylic oxidation sites excluding steroid dienone is 3. The first kappa shape index (κ1) is 9.16. The third-order valence-corrected chi connectivity index (χ3v) is 5.67. The van der Waals surface area contributed by atoms with Crippen LogP contribution in [0, 0.1) is 23.7 Å². The molecule has 0 radical (unpaired) electrons. The van der Waals surface area contributed by atoms with Gasteiger partial charge in [0.15, 0.2) is 0 Å². The van der Waals surface area contributed by atoms with Gasteiger partial charge in [0.1, 0.15) is 0 Å². The first-order chi connectivity index (χ1) is 8.38. The summed E-state index contributed by atoms with van der Waals surface area (Å²) in [5.41, 5.74) is 3.21. The Labute approximate surface area is 102 Å². The molecule has 6 atom stereocenters. The second-order valence-electron chi connectivity index (χ2n) is 6.45. The van der Waals surface area contributed by atoms with Crippen molar-refractivity contribution in [3.8, 4) is 0 Å². The molecule has 0 aromatic rings. The Morgan fingerprint density at radius 2 is 2.00 bits per heavy atom. The standard InChI is InChI=1S/C16H18O/c1-2-10-5-9(1)13-6-11(7-14(10)13)15-8-12-3-4-16(15)17-12/h1-2,6,8-10,12-14,16H,3-5,7H2. The predicted molar refractivity (Wildman–Crippen MR) is 66.4 cm³/mol. The lowest BCUT2D eigenvalue weighted by atomic mass is 9.85. The van der Waals surface area contributed by atoms with Crippen LogP contribution < -0.4 is 0 Å². The highest BCUT2D eigenvalue weighted by atomic mass is 16.5. The molecule has 0 amide bonds. The molecule has 0 aromatic carbocycles. The highest BCUT2D eigenvalue weighted by Crippen LogP contribution is 2.56. The first-order valence-corrected chi connectivity index (χ1v) is 7.15. The van der Waals surface area contributed by atoms with E-state index in [4.69, 9.17) is 4.74 Å². The molecule has 1 saturated heterocycles. The van der Waals surface area contributed by atoms with Gasteiger partial charge in [-0.2, -0.15) is 0 Å². The molecule has 0 N–H and O–H groups in total. The lowest BCUT2D eigenvalue weighted by Gasteiger charge is -2.19. The van der Waals surface area contributed by atoms with E-state index in [9.17, 15) is 0 Å². The highest BCUT2D eigenvalue weighted by Gasteiger charge is 2.48. The van der Waals surface area contributed by atoms with E-state index in [1.807, 2.05) is 0 Å². The summed E-state index contributed by atoms with van der Waals surface area (Å²) in [6.45, 7) is 0. The average molecular weight is 226 g/mol. The maximum atomic E-state index is 5.94. The van der Waals surface area contributed by atoms with Crippen LogP contribution >= 0.6 is 0 Å². The number of ether oxygens (including phenoxy) is 1. The molecule has 1 nitrogen and oxygen atoms in total. The topological polar surface area (TPSA) is 9.23 Å². The SMILES string of the molecule is C1=CC2CC1C1C=C(C3=CC4CCC3O4)CC21. The summed E-state index contributed by atoms with van der Waals surface area (Å²) >= 11 is 0. The van der Waals surface area contributed by atoms with Crippen LogP contribution in [0.2, 0.25) is 0 Å². The van der Waals surface area contributed by atoms with Crippen LogP contribution in [0.5, 0.6) is 0 Å². The van der Waals surface area contributed by atoms with Crippen molar-refractivity contribution < 1.29 is 4.74 Å². The minimum absolute atomic E-state index is 0.450. The zero-order chi connectivity index (χ0) is 11.0. The van der Waals surface area contributed by atoms with Crippen molar-refractivity contribution in [3.05, 3.63) is 35.5 Å². The van der Waals surface area contributed by atoms with Crippen LogP contribution in [-0.4, -0.2) is 12.2 Å². The second-order valence-corrected chi connectivity index (χ2v) is 6.45. The van der Waals surface area contributed by atoms with Gasteiger partial charge < -0.3 is 4.74 Å². The normalized spacial score (nSPS) is 53.2. The van der Waals surface area contributed by atoms with Crippen molar-refractivity contribution in [3.63, 3.8) is 0 Å². The fraction of sp³-hybridized carbons (Fsp3) is 0.625. The van der Waals surface area contributed by atoms with Gasteiger partial charge in [-0.15, -0.1) is 0 Å². The van der Waals surface area contributed by atoms with E-state index in [0.29, 0.717) is 12.2 Å². The van der Waals surface area contributed by atoms with Gasteiger partial charge in [-0.25, -0.2) is 0 Å². The fourth-order valence-corrected chi connectivity index (χ4v) is 4.90. The van der Waals surface area contributed by atoms with Crippen molar-refractivity contribution in [1.82, 2.24) is 0 Å². The van der Waals surface area contributed by atoms with Gasteiger partial charge in [-0.3, -0.25) is 0 Å². The van der Waals surface area contributed by atoms with E-state index < -0.39 is 0 Å². The number of rotatable bonds is 1. The molecule has 3 aliphatic carbocycles. The molecule has 2 heterocycles. The first-order valence-electron chi connectivity index (χ1n) is 7.15. The molecule has 2 fully saturated rings. The zero-order valence-electron chi connectivity index (χ0n) is 10.0. The largest absolute Gasteiger partial charge is 0.366 e. The van der Waals surface area contributed by atoms with Crippen molar-refractivity contribution >= 4 is 0 Å². The lowest BCUT2D eigenvalue weighted by Crippen LogP contribution is -2.13. The zero-order valence-corrected chi connectivity index (χ0v) is 10.0. The van der Waals surface area contributed by atoms with Crippen LogP contribution in [0.3, 0.4) is 0 Å². The maximum Gasteiger partial charge on any atom is 0.0834 e. The molecule has 2 aliphatic heterocycles. The summed E-state index contributed by atoms with van der Waals surface area (Å²) in [6, 6.07) is 0. The predicted octanol–water partition coefficient (Wildman–Crippen LogP) is 3.24. The van der Waals surface area contributed by atoms with Crippen LogP contribution in [0.1, 0.15) is 25.7 Å². The molecular formula is C16H18O. The summed E-state index contributed by atoms with van der Waals surface area (Å²) in [5.74, 6) is 3.54. The molecule has 5 aliphatic rings. The molecule has 0 spiro atoms. The average Bonchev–Trinajstić information content (AvgIpc) is 3.12. The van der Waals surface area contributed by atoms with E-state index in [2.05, 4.69) is 24.3 Å². The summed E-state index contributed by atoms with van der Waals surface area (Å²) in [5, 5.41) is 0. The molecule has 6 unspecified atom stereocenters. The second kappa shape index (κ2) is 2.95. The summed E-state index contributed by atoms with van der Waals surface area (Å²) < 4.78 is 5.94. The van der Waals surface area contributed by atoms with Crippen molar-refractivity contribution in [2.75, 3.05) is 0 Å². The van der Waals surface area contributed by atoms with E-state index in [-0.39, 0.29) is 0 Å². The smallest absolute Gasteiger partial charge is 0.0834 e. The van der Waals surface area contributed by atoms with Gasteiger partial charge >= 0.3 is 0 Å². The molecule has 1 heteroatoms. The minimum Gasteiger partial charge on any atom is -0.366 e. The van der Waals surface area contributed by atoms with Gasteiger partial charge in [-0.05, 0) is 66.6 Å². The van der Waals surface area contributed by atoms with E-state index in [1.54, 1.807) is 11.1 Å². The number of hydrogen-bond acceptors (Lipinski definition) is 1. The molecule has 17 heavy (non-hydrogen) atoms. The molecule has 1 saturated carbocycles. The summed E-state index contributed by atoms with van der Waals surface area (Å²) in [7, 11) is 0. The molecular weight excluding hydrogens is 208 g/mol. The highest BCUT2D eigenvalue weighted by molar-refractivity contribution is 5.44. The van der Waals surface area contributed by atoms with Crippen molar-refractivity contribution in [1.29, 1.82) is 0 Å². The third kappa shape index (κ3) is 1.09. The summed E-state index contributed by atoms with van der Waals surface area (Å²) in [6.07, 6.45) is 16.1. The Bertz CT molecular complexity index is 470. The quantitative estimate of drug-likeness (QED) is 0.624. The number of fused-ring (bicyclic) bond motifs is 7. The Kier molecular flexibility index (Phi) is 1.59. The Morgan fingerprint density at radius 3 is 2.76 bits per heavy atom. The Morgan fingerprint density at radius 1 is 1.06 bits per heavy atom. The summed E-state index contributed by atoms with van der Waals surface area (Å²) in [4.78, 5) is 0. The van der Waals surface area contributed by atoms with E-state index >= 15 is 0 Å².